The van der Waals surface area contributed by atoms with Gasteiger partial charge in [0.25, 0.3) is 5.91 Å². The number of nitrogens with zero attached hydrogens (tertiary/aromatic N) is 1. The van der Waals surface area contributed by atoms with Crippen LogP contribution in [0.2, 0.25) is 0 Å². The monoisotopic (exact) mass is 276 g/mol. The highest BCUT2D eigenvalue weighted by Crippen LogP contribution is 2.20. The molecule has 2 N–H and O–H groups in total. The zero-order chi connectivity index (χ0) is 14.4. The van der Waals surface area contributed by atoms with E-state index in [1.54, 1.807) is 12.1 Å². The molecule has 0 spiro atoms. The van der Waals surface area contributed by atoms with Crippen LogP contribution in [0.5, 0.6) is 5.75 Å². The molecule has 1 unspecified atom stereocenters. The lowest BCUT2D eigenvalue weighted by molar-refractivity contribution is -0.133. The van der Waals surface area contributed by atoms with Gasteiger partial charge >= 0.3 is 0 Å². The van der Waals surface area contributed by atoms with Crippen molar-refractivity contribution in [3.8, 4) is 5.75 Å². The molecule has 0 saturated carbocycles. The molecule has 0 aliphatic carbocycles. The molecule has 4 heteroatoms. The lowest BCUT2D eigenvalue weighted by Crippen LogP contribution is -2.35. The number of carbonyl (C=O) groups is 1. The lowest BCUT2D eigenvalue weighted by Gasteiger charge is -2.20. The van der Waals surface area contributed by atoms with Gasteiger partial charge in [0.15, 0.2) is 6.61 Å². The Morgan fingerprint density at radius 1 is 1.40 bits per heavy atom. The Morgan fingerprint density at radius 3 is 3.00 bits per heavy atom. The predicted molar refractivity (Wildman–Crippen MR) is 80.6 cm³/mol. The number of ether oxygens (including phenoxy) is 1. The molecule has 20 heavy (non-hydrogen) atoms. The highest BCUT2D eigenvalue weighted by Gasteiger charge is 2.19. The number of hydrogen-bond acceptors (Lipinski definition) is 3. The molecule has 1 aliphatic heterocycles. The summed E-state index contributed by atoms with van der Waals surface area (Å²) in [4.78, 5) is 14.1. The van der Waals surface area contributed by atoms with E-state index in [0.29, 0.717) is 11.4 Å². The summed E-state index contributed by atoms with van der Waals surface area (Å²) in [6.07, 6.45) is 4.65. The number of nitrogen functional groups attached to an aromatic ring is 1. The fourth-order valence-electron chi connectivity index (χ4n) is 2.66. The van der Waals surface area contributed by atoms with E-state index in [0.717, 1.165) is 31.8 Å². The molecule has 1 atom stereocenters. The van der Waals surface area contributed by atoms with Gasteiger partial charge in [0.05, 0.1) is 0 Å². The van der Waals surface area contributed by atoms with Crippen LogP contribution in [0.15, 0.2) is 24.3 Å². The molecule has 4 nitrogen and oxygen atoms in total. The number of amides is 1. The highest BCUT2D eigenvalue weighted by atomic mass is 16.5. The van der Waals surface area contributed by atoms with Crippen LogP contribution in [-0.4, -0.2) is 30.5 Å². The molecule has 2 rings (SSSR count). The second-order valence-electron chi connectivity index (χ2n) is 5.45. The van der Waals surface area contributed by atoms with Crippen LogP contribution in [0.25, 0.3) is 0 Å². The average molecular weight is 276 g/mol. The fraction of sp³-hybridized carbons (Fsp3) is 0.562. The first kappa shape index (κ1) is 14.7. The summed E-state index contributed by atoms with van der Waals surface area (Å²) in [6.45, 7) is 4.04. The Hall–Kier alpha value is -1.71. The van der Waals surface area contributed by atoms with E-state index in [4.69, 9.17) is 10.5 Å². The Labute approximate surface area is 120 Å². The summed E-state index contributed by atoms with van der Waals surface area (Å²) in [7, 11) is 0. The summed E-state index contributed by atoms with van der Waals surface area (Å²) >= 11 is 0. The first-order chi connectivity index (χ1) is 9.69. The average Bonchev–Trinajstić information content (AvgIpc) is 2.70. The smallest absolute Gasteiger partial charge is 0.260 e. The van der Waals surface area contributed by atoms with E-state index in [2.05, 4.69) is 6.92 Å². The predicted octanol–water partition coefficient (Wildman–Crippen LogP) is 2.69. The van der Waals surface area contributed by atoms with Crippen LogP contribution in [0, 0.1) is 5.92 Å². The molecule has 1 fully saturated rings. The van der Waals surface area contributed by atoms with E-state index in [1.807, 2.05) is 17.0 Å². The van der Waals surface area contributed by atoms with Gasteiger partial charge in [0, 0.05) is 24.8 Å². The standard InChI is InChI=1S/C16H24N2O2/c1-2-13-5-4-9-18(10-8-13)16(19)12-20-15-7-3-6-14(17)11-15/h3,6-7,11,13H,2,4-5,8-10,12,17H2,1H3. The second kappa shape index (κ2) is 7.17. The second-order valence-corrected chi connectivity index (χ2v) is 5.45. The Morgan fingerprint density at radius 2 is 2.25 bits per heavy atom. The summed E-state index contributed by atoms with van der Waals surface area (Å²) in [5.41, 5.74) is 6.33. The van der Waals surface area contributed by atoms with Gasteiger partial charge < -0.3 is 15.4 Å². The Balaban J connectivity index is 1.82. The lowest BCUT2D eigenvalue weighted by atomic mass is 9.98. The number of nitrogens with two attached hydrogens (primary N) is 1. The number of carbonyl (C=O) groups excluding carboxylic acids is 1. The van der Waals surface area contributed by atoms with Gasteiger partial charge in [-0.1, -0.05) is 19.4 Å². The van der Waals surface area contributed by atoms with Gasteiger partial charge in [-0.2, -0.15) is 0 Å². The summed E-state index contributed by atoms with van der Waals surface area (Å²) in [5, 5.41) is 0. The van der Waals surface area contributed by atoms with E-state index in [1.165, 1.54) is 12.8 Å². The first-order valence-electron chi connectivity index (χ1n) is 7.45. The topological polar surface area (TPSA) is 55.6 Å². The van der Waals surface area contributed by atoms with Crippen molar-refractivity contribution in [3.05, 3.63) is 24.3 Å². The van der Waals surface area contributed by atoms with Crippen molar-refractivity contribution >= 4 is 11.6 Å². The number of anilines is 1. The van der Waals surface area contributed by atoms with E-state index in [-0.39, 0.29) is 12.5 Å². The SMILES string of the molecule is CCC1CCCN(C(=O)COc2cccc(N)c2)CC1. The maximum absolute atomic E-state index is 12.2. The Bertz CT molecular complexity index is 448. The van der Waals surface area contributed by atoms with E-state index >= 15 is 0 Å². The minimum atomic E-state index is 0.0733. The van der Waals surface area contributed by atoms with Crippen molar-refractivity contribution in [2.45, 2.75) is 32.6 Å². The molecule has 0 aromatic heterocycles. The van der Waals surface area contributed by atoms with Crippen LogP contribution < -0.4 is 10.5 Å². The third-order valence-corrected chi connectivity index (χ3v) is 4.00. The van der Waals surface area contributed by atoms with Gasteiger partial charge in [-0.15, -0.1) is 0 Å². The van der Waals surface area contributed by atoms with Crippen molar-refractivity contribution in [3.63, 3.8) is 0 Å². The summed E-state index contributed by atoms with van der Waals surface area (Å²) in [5.74, 6) is 1.49. The third-order valence-electron chi connectivity index (χ3n) is 4.00. The summed E-state index contributed by atoms with van der Waals surface area (Å²) < 4.78 is 5.52. The first-order valence-corrected chi connectivity index (χ1v) is 7.45. The van der Waals surface area contributed by atoms with E-state index < -0.39 is 0 Å². The molecule has 1 saturated heterocycles. The summed E-state index contributed by atoms with van der Waals surface area (Å²) in [6, 6.07) is 7.18. The van der Waals surface area contributed by atoms with Gasteiger partial charge in [0.1, 0.15) is 5.75 Å². The van der Waals surface area contributed by atoms with Crippen LogP contribution >= 0.6 is 0 Å². The van der Waals surface area contributed by atoms with Crippen molar-refractivity contribution in [2.75, 3.05) is 25.4 Å². The molecule has 1 aliphatic rings. The minimum Gasteiger partial charge on any atom is -0.484 e. The molecule has 1 amide bonds. The molecular weight excluding hydrogens is 252 g/mol. The van der Waals surface area contributed by atoms with Gasteiger partial charge in [0.2, 0.25) is 0 Å². The highest BCUT2D eigenvalue weighted by molar-refractivity contribution is 5.77. The largest absolute Gasteiger partial charge is 0.484 e. The maximum Gasteiger partial charge on any atom is 0.260 e. The maximum atomic E-state index is 12.2. The minimum absolute atomic E-state index is 0.0733. The van der Waals surface area contributed by atoms with Crippen LogP contribution in [-0.2, 0) is 4.79 Å². The zero-order valence-corrected chi connectivity index (χ0v) is 12.2. The van der Waals surface area contributed by atoms with Crippen LogP contribution in [0.4, 0.5) is 5.69 Å². The van der Waals surface area contributed by atoms with Crippen LogP contribution in [0.1, 0.15) is 32.6 Å². The Kier molecular flexibility index (Phi) is 5.27. The van der Waals surface area contributed by atoms with Crippen molar-refractivity contribution in [1.29, 1.82) is 0 Å². The molecule has 0 radical (unpaired) electrons. The number of hydrogen-bond donors (Lipinski definition) is 1. The van der Waals surface area contributed by atoms with Crippen molar-refractivity contribution in [1.82, 2.24) is 4.90 Å². The van der Waals surface area contributed by atoms with E-state index in [9.17, 15) is 4.79 Å². The molecule has 1 aromatic rings. The molecule has 110 valence electrons. The zero-order valence-electron chi connectivity index (χ0n) is 12.2. The molecular formula is C16H24N2O2. The van der Waals surface area contributed by atoms with Crippen molar-refractivity contribution in [2.24, 2.45) is 5.92 Å². The molecule has 1 aromatic carbocycles. The van der Waals surface area contributed by atoms with Crippen LogP contribution in [0.3, 0.4) is 0 Å². The number of benzene rings is 1. The number of rotatable bonds is 4. The fourth-order valence-corrected chi connectivity index (χ4v) is 2.66. The van der Waals surface area contributed by atoms with Gasteiger partial charge in [-0.3, -0.25) is 4.79 Å². The van der Waals surface area contributed by atoms with Gasteiger partial charge in [-0.25, -0.2) is 0 Å². The normalized spacial score (nSPS) is 19.4. The molecule has 1 heterocycles. The van der Waals surface area contributed by atoms with Crippen molar-refractivity contribution < 1.29 is 9.53 Å². The van der Waals surface area contributed by atoms with Gasteiger partial charge in [-0.05, 0) is 37.3 Å². The molecule has 0 bridgehead atoms. The quantitative estimate of drug-likeness (QED) is 0.860. The number of likely N-dealkylation sites (tertiary alicyclic amines) is 1. The third kappa shape index (κ3) is 4.15.